The van der Waals surface area contributed by atoms with Crippen molar-refractivity contribution < 1.29 is 4.79 Å². The molecular weight excluding hydrogens is 336 g/mol. The first-order chi connectivity index (χ1) is 12.9. The lowest BCUT2D eigenvalue weighted by molar-refractivity contribution is 0.102. The third kappa shape index (κ3) is 5.98. The number of aryl methyl sites for hydroxylation is 1. The molecule has 0 atom stereocenters. The Morgan fingerprint density at radius 1 is 1.15 bits per heavy atom. The van der Waals surface area contributed by atoms with Crippen molar-refractivity contribution in [3.8, 4) is 0 Å². The van der Waals surface area contributed by atoms with E-state index in [-0.39, 0.29) is 5.91 Å². The Morgan fingerprint density at radius 2 is 1.89 bits per heavy atom. The number of carbonyl (C=O) groups is 1. The second kappa shape index (κ2) is 9.95. The monoisotopic (exact) mass is 368 g/mol. The predicted molar refractivity (Wildman–Crippen MR) is 115 cm³/mol. The largest absolute Gasteiger partial charge is 0.384 e. The van der Waals surface area contributed by atoms with E-state index in [1.165, 1.54) is 5.69 Å². The summed E-state index contributed by atoms with van der Waals surface area (Å²) in [5.74, 6) is 0.493. The molecule has 1 heterocycles. The fourth-order valence-corrected chi connectivity index (χ4v) is 2.93. The van der Waals surface area contributed by atoms with E-state index in [2.05, 4.69) is 60.3 Å². The van der Waals surface area contributed by atoms with Crippen LogP contribution in [0.4, 0.5) is 17.1 Å². The number of nitrogens with one attached hydrogen (secondary N) is 2. The molecule has 0 bridgehead atoms. The molecule has 5 nitrogen and oxygen atoms in total. The molecule has 0 saturated heterocycles. The molecule has 0 fully saturated rings. The van der Waals surface area contributed by atoms with Crippen molar-refractivity contribution in [2.75, 3.05) is 35.2 Å². The average molecular weight is 369 g/mol. The molecule has 0 aliphatic rings. The minimum Gasteiger partial charge on any atom is -0.384 e. The molecule has 2 rings (SSSR count). The molecule has 0 saturated carbocycles. The summed E-state index contributed by atoms with van der Waals surface area (Å²) >= 11 is 0. The molecular formula is C22H32N4O. The van der Waals surface area contributed by atoms with Crippen LogP contribution in [0.15, 0.2) is 36.7 Å². The summed E-state index contributed by atoms with van der Waals surface area (Å²) in [4.78, 5) is 19.1. The highest BCUT2D eigenvalue weighted by atomic mass is 16.1. The quantitative estimate of drug-likeness (QED) is 0.658. The van der Waals surface area contributed by atoms with Crippen LogP contribution in [0.25, 0.3) is 0 Å². The van der Waals surface area contributed by atoms with Crippen molar-refractivity contribution in [1.29, 1.82) is 0 Å². The maximum Gasteiger partial charge on any atom is 0.257 e. The van der Waals surface area contributed by atoms with Crippen molar-refractivity contribution >= 4 is 23.0 Å². The van der Waals surface area contributed by atoms with Crippen LogP contribution in [0, 0.1) is 12.8 Å². The number of benzene rings is 1. The SMILES string of the molecule is CCN(CC)c1ccc(NC(=O)c2cncc(NCCC(C)C)c2)c(C)c1. The van der Waals surface area contributed by atoms with Gasteiger partial charge in [-0.2, -0.15) is 0 Å². The summed E-state index contributed by atoms with van der Waals surface area (Å²) < 4.78 is 0. The minimum absolute atomic E-state index is 0.145. The van der Waals surface area contributed by atoms with Gasteiger partial charge in [0.2, 0.25) is 0 Å². The van der Waals surface area contributed by atoms with Crippen LogP contribution < -0.4 is 15.5 Å². The summed E-state index contributed by atoms with van der Waals surface area (Å²) in [6, 6.07) is 7.99. The van der Waals surface area contributed by atoms with Gasteiger partial charge in [-0.1, -0.05) is 13.8 Å². The molecule has 27 heavy (non-hydrogen) atoms. The summed E-state index contributed by atoms with van der Waals surface area (Å²) in [6.45, 7) is 13.5. The van der Waals surface area contributed by atoms with E-state index < -0.39 is 0 Å². The Kier molecular flexibility index (Phi) is 7.65. The zero-order valence-electron chi connectivity index (χ0n) is 17.2. The second-order valence-electron chi connectivity index (χ2n) is 7.20. The van der Waals surface area contributed by atoms with E-state index >= 15 is 0 Å². The summed E-state index contributed by atoms with van der Waals surface area (Å²) in [5.41, 5.74) is 4.48. The fourth-order valence-electron chi connectivity index (χ4n) is 2.93. The molecule has 0 spiro atoms. The number of anilines is 3. The van der Waals surface area contributed by atoms with E-state index in [1.807, 2.05) is 19.1 Å². The zero-order valence-corrected chi connectivity index (χ0v) is 17.2. The van der Waals surface area contributed by atoms with Gasteiger partial charge in [0.15, 0.2) is 0 Å². The number of hydrogen-bond acceptors (Lipinski definition) is 4. The van der Waals surface area contributed by atoms with Crippen LogP contribution in [0.3, 0.4) is 0 Å². The van der Waals surface area contributed by atoms with Crippen LogP contribution in [-0.4, -0.2) is 30.5 Å². The zero-order chi connectivity index (χ0) is 19.8. The standard InChI is InChI=1S/C22H32N4O/c1-6-26(7-2)20-8-9-21(17(5)12-20)25-22(27)18-13-19(15-23-14-18)24-11-10-16(3)4/h8-9,12-16,24H,6-7,10-11H2,1-5H3,(H,25,27). The lowest BCUT2D eigenvalue weighted by Gasteiger charge is -2.22. The summed E-state index contributed by atoms with van der Waals surface area (Å²) in [7, 11) is 0. The molecule has 0 aliphatic carbocycles. The normalized spacial score (nSPS) is 10.7. The Hall–Kier alpha value is -2.56. The van der Waals surface area contributed by atoms with Crippen molar-refractivity contribution in [1.82, 2.24) is 4.98 Å². The van der Waals surface area contributed by atoms with Gasteiger partial charge in [-0.25, -0.2) is 0 Å². The first kappa shape index (κ1) is 20.7. The molecule has 0 aliphatic heterocycles. The molecule has 0 unspecified atom stereocenters. The van der Waals surface area contributed by atoms with Gasteiger partial charge in [0.25, 0.3) is 5.91 Å². The van der Waals surface area contributed by atoms with Crippen LogP contribution in [0.1, 0.15) is 50.0 Å². The highest BCUT2D eigenvalue weighted by molar-refractivity contribution is 6.05. The Labute approximate surface area is 163 Å². The number of aromatic nitrogens is 1. The van der Waals surface area contributed by atoms with E-state index in [9.17, 15) is 4.79 Å². The van der Waals surface area contributed by atoms with E-state index in [0.717, 1.165) is 43.0 Å². The smallest absolute Gasteiger partial charge is 0.257 e. The lowest BCUT2D eigenvalue weighted by atomic mass is 10.1. The Morgan fingerprint density at radius 3 is 2.52 bits per heavy atom. The lowest BCUT2D eigenvalue weighted by Crippen LogP contribution is -2.22. The number of nitrogens with zero attached hydrogens (tertiary/aromatic N) is 2. The molecule has 1 amide bonds. The molecule has 2 aromatic rings. The number of hydrogen-bond donors (Lipinski definition) is 2. The number of pyridine rings is 1. The van der Waals surface area contributed by atoms with Crippen LogP contribution >= 0.6 is 0 Å². The van der Waals surface area contributed by atoms with Gasteiger partial charge < -0.3 is 15.5 Å². The number of carbonyl (C=O) groups excluding carboxylic acids is 1. The summed E-state index contributed by atoms with van der Waals surface area (Å²) in [6.07, 6.45) is 4.43. The van der Waals surface area contributed by atoms with Crippen molar-refractivity contribution in [3.05, 3.63) is 47.8 Å². The minimum atomic E-state index is -0.145. The topological polar surface area (TPSA) is 57.3 Å². The number of rotatable bonds is 9. The molecule has 1 aromatic heterocycles. The average Bonchev–Trinajstić information content (AvgIpc) is 2.64. The first-order valence-corrected chi connectivity index (χ1v) is 9.80. The second-order valence-corrected chi connectivity index (χ2v) is 7.20. The molecule has 1 aromatic carbocycles. The highest BCUT2D eigenvalue weighted by Crippen LogP contribution is 2.23. The van der Waals surface area contributed by atoms with Gasteiger partial charge in [-0.05, 0) is 62.9 Å². The van der Waals surface area contributed by atoms with E-state index in [1.54, 1.807) is 12.4 Å². The molecule has 5 heteroatoms. The van der Waals surface area contributed by atoms with Crippen molar-refractivity contribution in [3.63, 3.8) is 0 Å². The van der Waals surface area contributed by atoms with E-state index in [4.69, 9.17) is 0 Å². The van der Waals surface area contributed by atoms with Crippen molar-refractivity contribution in [2.45, 2.75) is 41.0 Å². The van der Waals surface area contributed by atoms with Gasteiger partial charge in [0.05, 0.1) is 11.3 Å². The maximum atomic E-state index is 12.6. The third-order valence-corrected chi connectivity index (χ3v) is 4.64. The van der Waals surface area contributed by atoms with Gasteiger partial charge in [0, 0.05) is 43.4 Å². The molecule has 0 radical (unpaired) electrons. The van der Waals surface area contributed by atoms with Gasteiger partial charge in [-0.3, -0.25) is 9.78 Å². The summed E-state index contributed by atoms with van der Waals surface area (Å²) in [5, 5.41) is 6.34. The maximum absolute atomic E-state index is 12.6. The molecule has 2 N–H and O–H groups in total. The van der Waals surface area contributed by atoms with Gasteiger partial charge in [-0.15, -0.1) is 0 Å². The molecule has 146 valence electrons. The van der Waals surface area contributed by atoms with Crippen LogP contribution in [0.2, 0.25) is 0 Å². The highest BCUT2D eigenvalue weighted by Gasteiger charge is 2.11. The number of amides is 1. The van der Waals surface area contributed by atoms with Gasteiger partial charge in [0.1, 0.15) is 0 Å². The fraction of sp³-hybridized carbons (Fsp3) is 0.455. The van der Waals surface area contributed by atoms with Crippen LogP contribution in [-0.2, 0) is 0 Å². The first-order valence-electron chi connectivity index (χ1n) is 9.80. The van der Waals surface area contributed by atoms with Crippen molar-refractivity contribution in [2.24, 2.45) is 5.92 Å². The van der Waals surface area contributed by atoms with Crippen LogP contribution in [0.5, 0.6) is 0 Å². The Bertz CT molecular complexity index is 754. The van der Waals surface area contributed by atoms with Gasteiger partial charge >= 0.3 is 0 Å². The third-order valence-electron chi connectivity index (χ3n) is 4.64. The predicted octanol–water partition coefficient (Wildman–Crippen LogP) is 4.95. The Balaban J connectivity index is 2.06. The van der Waals surface area contributed by atoms with E-state index in [0.29, 0.717) is 11.5 Å².